The SMILES string of the molecule is COc1ccccc1OCC(=O)Nc1cccc(-c2ccc3nncn3n2)c1. The first-order chi connectivity index (χ1) is 13.7. The summed E-state index contributed by atoms with van der Waals surface area (Å²) in [6, 6.07) is 18.3. The van der Waals surface area contributed by atoms with E-state index in [-0.39, 0.29) is 12.5 Å². The molecule has 2 heterocycles. The summed E-state index contributed by atoms with van der Waals surface area (Å²) in [6.07, 6.45) is 1.54. The maximum Gasteiger partial charge on any atom is 0.262 e. The van der Waals surface area contributed by atoms with Crippen LogP contribution in [0.1, 0.15) is 0 Å². The molecule has 0 bridgehead atoms. The zero-order valence-corrected chi connectivity index (χ0v) is 15.1. The van der Waals surface area contributed by atoms with Gasteiger partial charge in [-0.05, 0) is 36.4 Å². The molecule has 0 aliphatic rings. The third-order valence-electron chi connectivity index (χ3n) is 4.03. The molecule has 2 aromatic carbocycles. The molecule has 0 fully saturated rings. The first-order valence-corrected chi connectivity index (χ1v) is 8.56. The number of benzene rings is 2. The molecule has 0 saturated heterocycles. The number of nitrogens with one attached hydrogen (secondary N) is 1. The average Bonchev–Trinajstić information content (AvgIpc) is 3.20. The van der Waals surface area contributed by atoms with Gasteiger partial charge in [0.1, 0.15) is 6.33 Å². The number of hydrogen-bond donors (Lipinski definition) is 1. The highest BCUT2D eigenvalue weighted by atomic mass is 16.5. The summed E-state index contributed by atoms with van der Waals surface area (Å²) in [5.41, 5.74) is 2.92. The lowest BCUT2D eigenvalue weighted by molar-refractivity contribution is -0.118. The molecule has 2 aromatic heterocycles. The molecule has 0 spiro atoms. The van der Waals surface area contributed by atoms with Crippen LogP contribution in [-0.4, -0.2) is 39.4 Å². The number of carbonyl (C=O) groups excluding carboxylic acids is 1. The third-order valence-corrected chi connectivity index (χ3v) is 4.03. The molecule has 8 nitrogen and oxygen atoms in total. The highest BCUT2D eigenvalue weighted by Crippen LogP contribution is 2.26. The normalized spacial score (nSPS) is 10.6. The minimum atomic E-state index is -0.273. The molecule has 4 rings (SSSR count). The molecular weight excluding hydrogens is 358 g/mol. The van der Waals surface area contributed by atoms with Crippen LogP contribution in [0.5, 0.6) is 11.5 Å². The zero-order valence-electron chi connectivity index (χ0n) is 15.1. The van der Waals surface area contributed by atoms with Gasteiger partial charge in [0.15, 0.2) is 23.8 Å². The largest absolute Gasteiger partial charge is 0.493 e. The molecule has 8 heteroatoms. The van der Waals surface area contributed by atoms with Crippen molar-refractivity contribution in [3.63, 3.8) is 0 Å². The van der Waals surface area contributed by atoms with Crippen molar-refractivity contribution in [1.29, 1.82) is 0 Å². The Morgan fingerprint density at radius 3 is 2.79 bits per heavy atom. The van der Waals surface area contributed by atoms with E-state index < -0.39 is 0 Å². The van der Waals surface area contributed by atoms with Gasteiger partial charge >= 0.3 is 0 Å². The van der Waals surface area contributed by atoms with Crippen molar-refractivity contribution in [1.82, 2.24) is 19.8 Å². The Hall–Kier alpha value is -3.94. The van der Waals surface area contributed by atoms with E-state index in [0.717, 1.165) is 11.3 Å². The Morgan fingerprint density at radius 2 is 1.93 bits per heavy atom. The minimum absolute atomic E-state index is 0.129. The van der Waals surface area contributed by atoms with Crippen molar-refractivity contribution >= 4 is 17.2 Å². The number of amides is 1. The van der Waals surface area contributed by atoms with E-state index in [1.54, 1.807) is 30.1 Å². The second kappa shape index (κ2) is 7.75. The number of ether oxygens (including phenoxy) is 2. The van der Waals surface area contributed by atoms with E-state index in [1.807, 2.05) is 48.5 Å². The van der Waals surface area contributed by atoms with Gasteiger partial charge in [-0.1, -0.05) is 24.3 Å². The Bertz CT molecular complexity index is 1130. The van der Waals surface area contributed by atoms with E-state index in [2.05, 4.69) is 20.6 Å². The van der Waals surface area contributed by atoms with Crippen molar-refractivity contribution in [2.24, 2.45) is 0 Å². The molecule has 4 aromatic rings. The lowest BCUT2D eigenvalue weighted by Crippen LogP contribution is -2.20. The Kier molecular flexibility index (Phi) is 4.83. The van der Waals surface area contributed by atoms with Gasteiger partial charge in [-0.2, -0.15) is 9.61 Å². The number of aromatic nitrogens is 4. The van der Waals surface area contributed by atoms with Crippen molar-refractivity contribution in [2.75, 3.05) is 19.0 Å². The lowest BCUT2D eigenvalue weighted by atomic mass is 10.1. The highest BCUT2D eigenvalue weighted by molar-refractivity contribution is 5.92. The molecule has 0 radical (unpaired) electrons. The minimum Gasteiger partial charge on any atom is -0.493 e. The predicted molar refractivity (Wildman–Crippen MR) is 103 cm³/mol. The smallest absolute Gasteiger partial charge is 0.262 e. The summed E-state index contributed by atoms with van der Waals surface area (Å²) >= 11 is 0. The van der Waals surface area contributed by atoms with Crippen LogP contribution in [0.2, 0.25) is 0 Å². The molecule has 1 amide bonds. The van der Waals surface area contributed by atoms with E-state index in [1.165, 1.54) is 0 Å². The molecule has 0 saturated carbocycles. The van der Waals surface area contributed by atoms with Crippen LogP contribution < -0.4 is 14.8 Å². The highest BCUT2D eigenvalue weighted by Gasteiger charge is 2.09. The van der Waals surface area contributed by atoms with Crippen LogP contribution in [0, 0.1) is 0 Å². The molecule has 28 heavy (non-hydrogen) atoms. The first kappa shape index (κ1) is 17.5. The van der Waals surface area contributed by atoms with Crippen LogP contribution in [0.3, 0.4) is 0 Å². The number of anilines is 1. The standard InChI is InChI=1S/C20H17N5O3/c1-27-17-7-2-3-8-18(17)28-12-20(26)22-15-6-4-5-14(11-15)16-9-10-19-23-21-13-25(19)24-16/h2-11,13H,12H2,1H3,(H,22,26). The van der Waals surface area contributed by atoms with Gasteiger partial charge in [0.25, 0.3) is 5.91 Å². The summed E-state index contributed by atoms with van der Waals surface area (Å²) in [5.74, 6) is 0.818. The monoisotopic (exact) mass is 375 g/mol. The topological polar surface area (TPSA) is 90.6 Å². The van der Waals surface area contributed by atoms with Gasteiger partial charge in [-0.3, -0.25) is 4.79 Å². The van der Waals surface area contributed by atoms with Gasteiger partial charge in [0, 0.05) is 11.3 Å². The second-order valence-corrected chi connectivity index (χ2v) is 5.92. The first-order valence-electron chi connectivity index (χ1n) is 8.56. The molecular formula is C20H17N5O3. The fourth-order valence-corrected chi connectivity index (χ4v) is 2.72. The Morgan fingerprint density at radius 1 is 1.07 bits per heavy atom. The number of hydrogen-bond acceptors (Lipinski definition) is 6. The van der Waals surface area contributed by atoms with E-state index in [0.29, 0.717) is 22.8 Å². The van der Waals surface area contributed by atoms with Crippen molar-refractivity contribution < 1.29 is 14.3 Å². The predicted octanol–water partition coefficient (Wildman–Crippen LogP) is 2.82. The summed E-state index contributed by atoms with van der Waals surface area (Å²) in [5, 5.41) is 15.0. The van der Waals surface area contributed by atoms with Gasteiger partial charge in [-0.15, -0.1) is 10.2 Å². The van der Waals surface area contributed by atoms with Gasteiger partial charge < -0.3 is 14.8 Å². The summed E-state index contributed by atoms with van der Waals surface area (Å²) < 4.78 is 12.4. The van der Waals surface area contributed by atoms with E-state index >= 15 is 0 Å². The summed E-state index contributed by atoms with van der Waals surface area (Å²) in [6.45, 7) is -0.129. The number of para-hydroxylation sites is 2. The fraction of sp³-hybridized carbons (Fsp3) is 0.100. The maximum absolute atomic E-state index is 12.3. The molecule has 0 aliphatic heterocycles. The number of methoxy groups -OCH3 is 1. The molecule has 140 valence electrons. The Balaban J connectivity index is 1.45. The van der Waals surface area contributed by atoms with Gasteiger partial charge in [-0.25, -0.2) is 0 Å². The maximum atomic E-state index is 12.3. The average molecular weight is 375 g/mol. The number of fused-ring (bicyclic) bond motifs is 1. The van der Waals surface area contributed by atoms with Crippen molar-refractivity contribution in [3.8, 4) is 22.8 Å². The summed E-state index contributed by atoms with van der Waals surface area (Å²) in [7, 11) is 1.55. The number of nitrogens with zero attached hydrogens (tertiary/aromatic N) is 4. The van der Waals surface area contributed by atoms with Crippen molar-refractivity contribution in [3.05, 3.63) is 67.0 Å². The van der Waals surface area contributed by atoms with E-state index in [4.69, 9.17) is 9.47 Å². The van der Waals surface area contributed by atoms with Crippen LogP contribution in [0.15, 0.2) is 67.0 Å². The van der Waals surface area contributed by atoms with Crippen LogP contribution in [0.25, 0.3) is 16.9 Å². The second-order valence-electron chi connectivity index (χ2n) is 5.92. The number of carbonyl (C=O) groups is 1. The van der Waals surface area contributed by atoms with Crippen LogP contribution >= 0.6 is 0 Å². The molecule has 0 unspecified atom stereocenters. The lowest BCUT2D eigenvalue weighted by Gasteiger charge is -2.11. The number of rotatable bonds is 6. The van der Waals surface area contributed by atoms with Crippen LogP contribution in [-0.2, 0) is 4.79 Å². The van der Waals surface area contributed by atoms with Crippen LogP contribution in [0.4, 0.5) is 5.69 Å². The molecule has 1 N–H and O–H groups in total. The summed E-state index contributed by atoms with van der Waals surface area (Å²) in [4.78, 5) is 12.3. The van der Waals surface area contributed by atoms with Gasteiger partial charge in [0.2, 0.25) is 0 Å². The molecule has 0 atom stereocenters. The molecule has 0 aliphatic carbocycles. The fourth-order valence-electron chi connectivity index (χ4n) is 2.72. The van der Waals surface area contributed by atoms with Crippen molar-refractivity contribution in [2.45, 2.75) is 0 Å². The Labute approximate surface area is 160 Å². The third kappa shape index (κ3) is 3.75. The van der Waals surface area contributed by atoms with Gasteiger partial charge in [0.05, 0.1) is 12.8 Å². The van der Waals surface area contributed by atoms with E-state index in [9.17, 15) is 4.79 Å². The zero-order chi connectivity index (χ0) is 19.3. The quantitative estimate of drug-likeness (QED) is 0.557.